The highest BCUT2D eigenvalue weighted by atomic mass is 35.5. The van der Waals surface area contributed by atoms with E-state index in [-0.39, 0.29) is 22.9 Å². The average Bonchev–Trinajstić information content (AvgIpc) is 3.24. The monoisotopic (exact) mass is 408 g/mol. The zero-order chi connectivity index (χ0) is 20.7. The lowest BCUT2D eigenvalue weighted by Crippen LogP contribution is -2.31. The number of carbonyl (C=O) groups excluding carboxylic acids is 3. The molecule has 1 aliphatic heterocycles. The van der Waals surface area contributed by atoms with E-state index in [0.717, 1.165) is 10.5 Å². The number of amides is 3. The Hall–Kier alpha value is -3.45. The zero-order valence-corrected chi connectivity index (χ0v) is 16.5. The molecule has 3 aromatic rings. The Morgan fingerprint density at radius 3 is 2.38 bits per heavy atom. The smallest absolute Gasteiger partial charge is 0.261 e. The number of imidazole rings is 1. The number of imide groups is 1. The first-order chi connectivity index (χ1) is 13.9. The number of rotatable bonds is 4. The number of benzene rings is 2. The second-order valence-corrected chi connectivity index (χ2v) is 7.22. The molecule has 0 spiro atoms. The molecular formula is C21H17ClN4O3. The minimum Gasteiger partial charge on any atom is -0.338 e. The average molecular weight is 409 g/mol. The van der Waals surface area contributed by atoms with Gasteiger partial charge in [-0.1, -0.05) is 23.7 Å². The number of fused-ring (bicyclic) bond motifs is 1. The van der Waals surface area contributed by atoms with Crippen molar-refractivity contribution in [2.24, 2.45) is 7.05 Å². The fraction of sp³-hybridized carbons (Fsp3) is 0.143. The Morgan fingerprint density at radius 2 is 1.72 bits per heavy atom. The van der Waals surface area contributed by atoms with Crippen molar-refractivity contribution in [2.45, 2.75) is 6.04 Å². The molecule has 4 rings (SSSR count). The summed E-state index contributed by atoms with van der Waals surface area (Å²) in [5.41, 5.74) is 1.62. The number of aryl methyl sites for hydroxylation is 1. The third-order valence-corrected chi connectivity index (χ3v) is 5.20. The fourth-order valence-corrected chi connectivity index (χ4v) is 3.45. The summed E-state index contributed by atoms with van der Waals surface area (Å²) >= 11 is 5.99. The molecule has 0 saturated carbocycles. The molecule has 1 aromatic heterocycles. The predicted molar refractivity (Wildman–Crippen MR) is 107 cm³/mol. The lowest BCUT2D eigenvalue weighted by Gasteiger charge is -2.19. The van der Waals surface area contributed by atoms with E-state index < -0.39 is 11.9 Å². The molecule has 0 aliphatic carbocycles. The van der Waals surface area contributed by atoms with Crippen LogP contribution in [0.2, 0.25) is 5.02 Å². The van der Waals surface area contributed by atoms with Gasteiger partial charge in [0.2, 0.25) is 0 Å². The summed E-state index contributed by atoms with van der Waals surface area (Å²) in [6.45, 7) is 0. The standard InChI is InChI=1S/C21H17ClN4O3/c1-25-10-9-23-18(25)17(12-3-6-14(22)7-4-12)24-19(27)13-5-8-15-16(11-13)21(29)26(2)20(15)28/h3-11,17H,1-2H3,(H,24,27)/t17-/m0/s1. The van der Waals surface area contributed by atoms with Crippen LogP contribution in [0.15, 0.2) is 54.9 Å². The van der Waals surface area contributed by atoms with Gasteiger partial charge in [0.1, 0.15) is 11.9 Å². The molecule has 146 valence electrons. The van der Waals surface area contributed by atoms with Crippen LogP contribution in [0.3, 0.4) is 0 Å². The molecule has 0 saturated heterocycles. The quantitative estimate of drug-likeness (QED) is 0.673. The van der Waals surface area contributed by atoms with Crippen LogP contribution >= 0.6 is 11.6 Å². The van der Waals surface area contributed by atoms with Crippen LogP contribution in [0.25, 0.3) is 0 Å². The minimum absolute atomic E-state index is 0.227. The topological polar surface area (TPSA) is 84.3 Å². The van der Waals surface area contributed by atoms with Crippen molar-refractivity contribution in [3.05, 3.63) is 88.0 Å². The van der Waals surface area contributed by atoms with Gasteiger partial charge < -0.3 is 9.88 Å². The van der Waals surface area contributed by atoms with Crippen LogP contribution in [0.1, 0.15) is 48.5 Å². The first-order valence-corrected chi connectivity index (χ1v) is 9.24. The number of hydrogen-bond acceptors (Lipinski definition) is 4. The summed E-state index contributed by atoms with van der Waals surface area (Å²) in [7, 11) is 3.26. The molecule has 3 amide bonds. The van der Waals surface area contributed by atoms with Crippen molar-refractivity contribution < 1.29 is 14.4 Å². The van der Waals surface area contributed by atoms with Crippen LogP contribution in [-0.2, 0) is 7.05 Å². The third kappa shape index (κ3) is 3.30. The number of nitrogens with zero attached hydrogens (tertiary/aromatic N) is 3. The maximum atomic E-state index is 13.0. The van der Waals surface area contributed by atoms with Gasteiger partial charge in [-0.25, -0.2) is 4.98 Å². The van der Waals surface area contributed by atoms with Gasteiger partial charge in [0.25, 0.3) is 17.7 Å². The largest absolute Gasteiger partial charge is 0.338 e. The number of nitrogens with one attached hydrogen (secondary N) is 1. The second kappa shape index (κ2) is 7.18. The molecule has 1 aliphatic rings. The number of carbonyl (C=O) groups is 3. The van der Waals surface area contributed by atoms with Crippen LogP contribution in [0.4, 0.5) is 0 Å². The molecular weight excluding hydrogens is 392 g/mol. The predicted octanol–water partition coefficient (Wildman–Crippen LogP) is 2.82. The van der Waals surface area contributed by atoms with Gasteiger partial charge >= 0.3 is 0 Å². The van der Waals surface area contributed by atoms with Crippen LogP contribution < -0.4 is 5.32 Å². The van der Waals surface area contributed by atoms with Crippen molar-refractivity contribution in [1.82, 2.24) is 19.8 Å². The van der Waals surface area contributed by atoms with E-state index in [2.05, 4.69) is 10.3 Å². The number of halogens is 1. The molecule has 8 heteroatoms. The van der Waals surface area contributed by atoms with Gasteiger partial charge in [-0.3, -0.25) is 19.3 Å². The van der Waals surface area contributed by atoms with Crippen molar-refractivity contribution in [3.63, 3.8) is 0 Å². The van der Waals surface area contributed by atoms with E-state index in [1.54, 1.807) is 24.5 Å². The lowest BCUT2D eigenvalue weighted by atomic mass is 10.0. The molecule has 29 heavy (non-hydrogen) atoms. The van der Waals surface area contributed by atoms with Crippen molar-refractivity contribution in [1.29, 1.82) is 0 Å². The Morgan fingerprint density at radius 1 is 1.03 bits per heavy atom. The van der Waals surface area contributed by atoms with E-state index in [0.29, 0.717) is 16.4 Å². The molecule has 0 radical (unpaired) electrons. The van der Waals surface area contributed by atoms with Crippen molar-refractivity contribution >= 4 is 29.3 Å². The molecule has 0 bridgehead atoms. The van der Waals surface area contributed by atoms with Gasteiger partial charge in [-0.15, -0.1) is 0 Å². The summed E-state index contributed by atoms with van der Waals surface area (Å²) < 4.78 is 1.82. The normalized spacial score (nSPS) is 14.1. The third-order valence-electron chi connectivity index (χ3n) is 4.95. The maximum absolute atomic E-state index is 13.0. The molecule has 1 N–H and O–H groups in total. The highest BCUT2D eigenvalue weighted by molar-refractivity contribution is 6.30. The van der Waals surface area contributed by atoms with Crippen LogP contribution in [0, 0.1) is 0 Å². The Bertz CT molecular complexity index is 1140. The van der Waals surface area contributed by atoms with Gasteiger partial charge in [0.05, 0.1) is 11.1 Å². The van der Waals surface area contributed by atoms with Crippen molar-refractivity contribution in [3.8, 4) is 0 Å². The second-order valence-electron chi connectivity index (χ2n) is 6.78. The summed E-state index contributed by atoms with van der Waals surface area (Å²) in [5.74, 6) is -0.527. The molecule has 0 fully saturated rings. The molecule has 0 unspecified atom stereocenters. The van der Waals surface area contributed by atoms with Gasteiger partial charge in [-0.05, 0) is 35.9 Å². The van der Waals surface area contributed by atoms with Gasteiger partial charge in [-0.2, -0.15) is 0 Å². The van der Waals surface area contributed by atoms with Gasteiger partial charge in [0.15, 0.2) is 0 Å². The van der Waals surface area contributed by atoms with E-state index >= 15 is 0 Å². The summed E-state index contributed by atoms with van der Waals surface area (Å²) in [6, 6.07) is 11.1. The first kappa shape index (κ1) is 18.9. The number of aromatic nitrogens is 2. The van der Waals surface area contributed by atoms with Crippen LogP contribution in [0.5, 0.6) is 0 Å². The molecule has 7 nitrogen and oxygen atoms in total. The fourth-order valence-electron chi connectivity index (χ4n) is 3.32. The Labute approximate surface area is 171 Å². The Balaban J connectivity index is 1.68. The SMILES string of the molecule is CN1C(=O)c2ccc(C(=O)N[C@@H](c3ccc(Cl)cc3)c3nccn3C)cc2C1=O. The molecule has 1 atom stereocenters. The van der Waals surface area contributed by atoms with Crippen molar-refractivity contribution in [2.75, 3.05) is 7.05 Å². The summed E-state index contributed by atoms with van der Waals surface area (Å²) in [6.07, 6.45) is 3.44. The molecule has 2 heterocycles. The van der Waals surface area contributed by atoms with E-state index in [1.807, 2.05) is 23.7 Å². The van der Waals surface area contributed by atoms with Crippen LogP contribution in [-0.4, -0.2) is 39.2 Å². The molecule has 2 aromatic carbocycles. The summed E-state index contributed by atoms with van der Waals surface area (Å²) in [5, 5.41) is 3.55. The first-order valence-electron chi connectivity index (χ1n) is 8.87. The Kier molecular flexibility index (Phi) is 4.68. The lowest BCUT2D eigenvalue weighted by molar-refractivity contribution is 0.0693. The minimum atomic E-state index is -0.520. The van der Waals surface area contributed by atoms with E-state index in [4.69, 9.17) is 11.6 Å². The number of hydrogen-bond donors (Lipinski definition) is 1. The highest BCUT2D eigenvalue weighted by Gasteiger charge is 2.33. The summed E-state index contributed by atoms with van der Waals surface area (Å²) in [4.78, 5) is 42.7. The maximum Gasteiger partial charge on any atom is 0.261 e. The van der Waals surface area contributed by atoms with E-state index in [9.17, 15) is 14.4 Å². The zero-order valence-electron chi connectivity index (χ0n) is 15.7. The van der Waals surface area contributed by atoms with E-state index in [1.165, 1.54) is 25.2 Å². The highest BCUT2D eigenvalue weighted by Crippen LogP contribution is 2.25. The van der Waals surface area contributed by atoms with Gasteiger partial charge in [0, 0.05) is 37.1 Å².